The van der Waals surface area contributed by atoms with Crippen LogP contribution in [0.1, 0.15) is 24.1 Å². The Morgan fingerprint density at radius 2 is 1.57 bits per heavy atom. The second kappa shape index (κ2) is 9.44. The first-order valence-corrected chi connectivity index (χ1v) is 13.3. The highest BCUT2D eigenvalue weighted by molar-refractivity contribution is 9.09. The highest BCUT2D eigenvalue weighted by Crippen LogP contribution is 2.42. The van der Waals surface area contributed by atoms with Crippen LogP contribution in [0.2, 0.25) is 0 Å². The summed E-state index contributed by atoms with van der Waals surface area (Å²) in [5, 5.41) is 7.46. The number of hydrogen-bond donors (Lipinski definition) is 0. The Labute approximate surface area is 222 Å². The number of carbonyl (C=O) groups is 2. The molecule has 3 aromatic heterocycles. The summed E-state index contributed by atoms with van der Waals surface area (Å²) < 4.78 is 3.83. The number of alkyl halides is 1. The normalized spacial score (nSPS) is 14.1. The Morgan fingerprint density at radius 3 is 2.38 bits per heavy atom. The Balaban J connectivity index is 1.62. The number of carbonyl (C=O) groups excluding carboxylic acids is 2. The molecule has 0 radical (unpaired) electrons. The van der Waals surface area contributed by atoms with Gasteiger partial charge in [0.25, 0.3) is 11.8 Å². The Kier molecular flexibility index (Phi) is 5.96. The lowest BCUT2D eigenvalue weighted by molar-refractivity contribution is -0.119. The van der Waals surface area contributed by atoms with Crippen LogP contribution in [-0.2, 0) is 23.2 Å². The molecular weight excluding hydrogens is 530 g/mol. The number of halogens is 1. The largest absolute Gasteiger partial charge is 0.350 e. The Morgan fingerprint density at radius 1 is 0.838 bits per heavy atom. The van der Waals surface area contributed by atoms with Crippen molar-refractivity contribution in [3.8, 4) is 0 Å². The van der Waals surface area contributed by atoms with Gasteiger partial charge < -0.3 is 4.57 Å². The maximum atomic E-state index is 14.1. The van der Waals surface area contributed by atoms with Crippen molar-refractivity contribution in [1.29, 1.82) is 0 Å². The molecule has 0 bridgehead atoms. The molecule has 0 unspecified atom stereocenters. The van der Waals surface area contributed by atoms with Crippen LogP contribution in [0.25, 0.3) is 33.1 Å². The summed E-state index contributed by atoms with van der Waals surface area (Å²) in [6.07, 6.45) is 5.56. The fraction of sp³-hybridized carbons (Fsp3) is 0.172. The fourth-order valence-corrected chi connectivity index (χ4v) is 5.45. The number of unbranched alkanes of at least 4 members (excludes halogenated alkanes) is 1. The molecule has 7 nitrogen and oxygen atoms in total. The average molecular weight is 554 g/mol. The van der Waals surface area contributed by atoms with Crippen molar-refractivity contribution in [1.82, 2.24) is 19.3 Å². The van der Waals surface area contributed by atoms with Gasteiger partial charge in [-0.25, -0.2) is 14.6 Å². The number of imide groups is 1. The van der Waals surface area contributed by atoms with E-state index in [0.29, 0.717) is 34.7 Å². The quantitative estimate of drug-likeness (QED) is 0.150. The first kappa shape index (κ1) is 23.4. The summed E-state index contributed by atoms with van der Waals surface area (Å²) in [4.78, 5) is 34.1. The smallest absolute Gasteiger partial charge is 0.268 e. The van der Waals surface area contributed by atoms with Crippen molar-refractivity contribution in [2.24, 2.45) is 7.05 Å². The predicted octanol–water partition coefficient (Wildman–Crippen LogP) is 5.58. The van der Waals surface area contributed by atoms with E-state index < -0.39 is 0 Å². The lowest BCUT2D eigenvalue weighted by Gasteiger charge is -2.14. The van der Waals surface area contributed by atoms with Crippen LogP contribution in [0.3, 0.4) is 0 Å². The van der Waals surface area contributed by atoms with Gasteiger partial charge in [-0.1, -0.05) is 52.3 Å². The van der Waals surface area contributed by atoms with Gasteiger partial charge in [0.15, 0.2) is 5.65 Å². The van der Waals surface area contributed by atoms with E-state index in [2.05, 4.69) is 20.9 Å². The number of hydrogen-bond acceptors (Lipinski definition) is 4. The van der Waals surface area contributed by atoms with Gasteiger partial charge in [0.2, 0.25) is 0 Å². The van der Waals surface area contributed by atoms with Crippen molar-refractivity contribution < 1.29 is 9.59 Å². The number of amides is 2. The summed E-state index contributed by atoms with van der Waals surface area (Å²) in [6, 6.07) is 20.7. The van der Waals surface area contributed by atoms with Crippen LogP contribution in [0.5, 0.6) is 0 Å². The molecule has 6 rings (SSSR count). The number of fused-ring (bicyclic) bond motifs is 2. The minimum absolute atomic E-state index is 0.308. The molecule has 2 aromatic carbocycles. The number of rotatable bonds is 7. The van der Waals surface area contributed by atoms with Crippen molar-refractivity contribution in [3.05, 3.63) is 90.4 Å². The third-order valence-electron chi connectivity index (χ3n) is 6.76. The lowest BCUT2D eigenvalue weighted by Crippen LogP contribution is -2.31. The van der Waals surface area contributed by atoms with E-state index in [-0.39, 0.29) is 11.8 Å². The fourth-order valence-electron chi connectivity index (χ4n) is 5.06. The van der Waals surface area contributed by atoms with Gasteiger partial charge in [-0.05, 0) is 43.2 Å². The van der Waals surface area contributed by atoms with Crippen LogP contribution in [0.4, 0.5) is 5.69 Å². The Hall–Kier alpha value is -4.04. The van der Waals surface area contributed by atoms with E-state index in [0.717, 1.165) is 40.0 Å². The standard InChI is InChI=1S/C29H24BrN5O2/c1-33-18-22(20-12-5-6-14-23(20)33)24-25(29(37)35(28(24)36)19-10-3-2-4-11-19)26-21-13-9-16-31-27(21)34(32-26)17-8-7-15-30/h2-6,9-14,16,18H,7-8,15,17H2,1H3. The molecule has 0 spiro atoms. The van der Waals surface area contributed by atoms with E-state index in [9.17, 15) is 9.59 Å². The van der Waals surface area contributed by atoms with Crippen LogP contribution in [0, 0.1) is 0 Å². The molecule has 37 heavy (non-hydrogen) atoms. The highest BCUT2D eigenvalue weighted by atomic mass is 79.9. The van der Waals surface area contributed by atoms with Gasteiger partial charge in [-0.15, -0.1) is 0 Å². The van der Waals surface area contributed by atoms with Gasteiger partial charge in [-0.2, -0.15) is 5.10 Å². The number of pyridine rings is 1. The van der Waals surface area contributed by atoms with E-state index in [1.165, 1.54) is 4.90 Å². The predicted molar refractivity (Wildman–Crippen MR) is 149 cm³/mol. The Bertz CT molecular complexity index is 1700. The van der Waals surface area contributed by atoms with Crippen molar-refractivity contribution in [2.75, 3.05) is 10.2 Å². The molecule has 0 fully saturated rings. The first-order valence-electron chi connectivity index (χ1n) is 12.2. The molecule has 1 aliphatic rings. The summed E-state index contributed by atoms with van der Waals surface area (Å²) in [7, 11) is 1.94. The van der Waals surface area contributed by atoms with E-state index in [1.54, 1.807) is 18.3 Å². The number of benzene rings is 2. The summed E-state index contributed by atoms with van der Waals surface area (Å²) in [5.74, 6) is -0.733. The number of nitrogens with zero attached hydrogens (tertiary/aromatic N) is 5. The van der Waals surface area contributed by atoms with Crippen molar-refractivity contribution >= 4 is 66.5 Å². The SMILES string of the molecule is Cn1cc(C2=C(c3nn(CCCCBr)c4ncccc34)C(=O)N(c3ccccc3)C2=O)c2ccccc21. The summed E-state index contributed by atoms with van der Waals surface area (Å²) >= 11 is 3.49. The minimum atomic E-state index is -0.380. The minimum Gasteiger partial charge on any atom is -0.350 e. The van der Waals surface area contributed by atoms with E-state index >= 15 is 0 Å². The number of anilines is 1. The maximum Gasteiger partial charge on any atom is 0.268 e. The second-order valence-corrected chi connectivity index (χ2v) is 9.84. The maximum absolute atomic E-state index is 14.1. The van der Waals surface area contributed by atoms with Crippen molar-refractivity contribution in [2.45, 2.75) is 19.4 Å². The zero-order chi connectivity index (χ0) is 25.5. The molecule has 0 aliphatic carbocycles. The summed E-state index contributed by atoms with van der Waals surface area (Å²) in [6.45, 7) is 0.667. The molecule has 0 saturated carbocycles. The third-order valence-corrected chi connectivity index (χ3v) is 7.32. The molecule has 0 saturated heterocycles. The topological polar surface area (TPSA) is 73.0 Å². The highest BCUT2D eigenvalue weighted by Gasteiger charge is 2.43. The first-order chi connectivity index (χ1) is 18.1. The average Bonchev–Trinajstić information content (AvgIpc) is 3.54. The second-order valence-electron chi connectivity index (χ2n) is 9.04. The van der Waals surface area contributed by atoms with Crippen LogP contribution in [0.15, 0.2) is 79.1 Å². The zero-order valence-corrected chi connectivity index (χ0v) is 21.9. The number of aromatic nitrogens is 4. The lowest BCUT2D eigenvalue weighted by atomic mass is 9.98. The zero-order valence-electron chi connectivity index (χ0n) is 20.3. The van der Waals surface area contributed by atoms with Crippen LogP contribution >= 0.6 is 15.9 Å². The summed E-state index contributed by atoms with van der Waals surface area (Å²) in [5.41, 5.74) is 4.09. The van der Waals surface area contributed by atoms with E-state index in [1.807, 2.05) is 77.1 Å². The number of para-hydroxylation sites is 2. The molecule has 2 amide bonds. The molecular formula is C29H24BrN5O2. The van der Waals surface area contributed by atoms with Gasteiger partial charge >= 0.3 is 0 Å². The molecule has 184 valence electrons. The molecule has 8 heteroatoms. The monoisotopic (exact) mass is 553 g/mol. The van der Waals surface area contributed by atoms with E-state index in [4.69, 9.17) is 5.10 Å². The van der Waals surface area contributed by atoms with Crippen LogP contribution < -0.4 is 4.90 Å². The van der Waals surface area contributed by atoms with Gasteiger partial charge in [0.1, 0.15) is 5.69 Å². The molecule has 5 aromatic rings. The van der Waals surface area contributed by atoms with Crippen LogP contribution in [-0.4, -0.2) is 36.5 Å². The van der Waals surface area contributed by atoms with Gasteiger partial charge in [-0.3, -0.25) is 9.59 Å². The molecule has 0 atom stereocenters. The molecule has 4 heterocycles. The number of aryl methyl sites for hydroxylation is 2. The van der Waals surface area contributed by atoms with Gasteiger partial charge in [0.05, 0.1) is 16.8 Å². The third kappa shape index (κ3) is 3.79. The molecule has 1 aliphatic heterocycles. The van der Waals surface area contributed by atoms with Gasteiger partial charge in [0, 0.05) is 53.2 Å². The molecule has 0 N–H and O–H groups in total. The van der Waals surface area contributed by atoms with Crippen molar-refractivity contribution in [3.63, 3.8) is 0 Å².